The first-order valence-corrected chi connectivity index (χ1v) is 7.94. The van der Waals surface area contributed by atoms with Gasteiger partial charge in [-0.25, -0.2) is 9.18 Å². The molecule has 2 aromatic rings. The Kier molecular flexibility index (Phi) is 6.11. The van der Waals surface area contributed by atoms with Crippen molar-refractivity contribution in [2.45, 2.75) is 19.9 Å². The minimum atomic E-state index is -1.19. The maximum Gasteiger partial charge on any atom is 0.326 e. The summed E-state index contributed by atoms with van der Waals surface area (Å²) >= 11 is 0. The number of furan rings is 1. The first kappa shape index (κ1) is 19.2. The molecule has 0 aliphatic rings. The quantitative estimate of drug-likeness (QED) is 0.786. The van der Waals surface area contributed by atoms with Gasteiger partial charge < -0.3 is 19.7 Å². The molecule has 1 aromatic heterocycles. The van der Waals surface area contributed by atoms with Crippen molar-refractivity contribution < 1.29 is 28.3 Å². The van der Waals surface area contributed by atoms with E-state index in [2.05, 4.69) is 5.32 Å². The molecule has 0 aliphatic carbocycles. The Morgan fingerprint density at radius 2 is 1.92 bits per heavy atom. The molecule has 138 valence electrons. The van der Waals surface area contributed by atoms with Crippen molar-refractivity contribution in [2.24, 2.45) is 0 Å². The number of carboxylic acids is 1. The molecular formula is C18H19FN2O5. The summed E-state index contributed by atoms with van der Waals surface area (Å²) in [6.45, 7) is 2.76. The summed E-state index contributed by atoms with van der Waals surface area (Å²) in [5, 5.41) is 11.7. The molecule has 0 aliphatic heterocycles. The summed E-state index contributed by atoms with van der Waals surface area (Å²) in [6, 6.07) is 7.63. The van der Waals surface area contributed by atoms with Crippen LogP contribution in [0.5, 0.6) is 0 Å². The van der Waals surface area contributed by atoms with Crippen molar-refractivity contribution in [3.8, 4) is 11.3 Å². The number of nitrogens with zero attached hydrogens (tertiary/aromatic N) is 1. The van der Waals surface area contributed by atoms with E-state index in [4.69, 9.17) is 4.42 Å². The van der Waals surface area contributed by atoms with Crippen LogP contribution in [0.25, 0.3) is 11.3 Å². The van der Waals surface area contributed by atoms with Crippen molar-refractivity contribution in [1.29, 1.82) is 0 Å². The molecule has 2 amide bonds. The van der Waals surface area contributed by atoms with E-state index in [0.29, 0.717) is 0 Å². The predicted molar refractivity (Wildman–Crippen MR) is 90.9 cm³/mol. The third-order valence-electron chi connectivity index (χ3n) is 3.77. The van der Waals surface area contributed by atoms with E-state index in [1.54, 1.807) is 6.07 Å². The summed E-state index contributed by atoms with van der Waals surface area (Å²) in [5.41, 5.74) is 0.197. The Hall–Kier alpha value is -3.16. The number of benzene rings is 1. The molecule has 1 unspecified atom stereocenters. The van der Waals surface area contributed by atoms with Gasteiger partial charge in [0, 0.05) is 20.0 Å². The second-order valence-corrected chi connectivity index (χ2v) is 5.64. The number of halogens is 1. The predicted octanol–water partition coefficient (Wildman–Crippen LogP) is 2.14. The van der Waals surface area contributed by atoms with Gasteiger partial charge in [0.25, 0.3) is 5.91 Å². The molecule has 8 heteroatoms. The third-order valence-corrected chi connectivity index (χ3v) is 3.77. The maximum atomic E-state index is 13.8. The summed E-state index contributed by atoms with van der Waals surface area (Å²) < 4.78 is 19.3. The first-order chi connectivity index (χ1) is 12.3. The zero-order chi connectivity index (χ0) is 19.3. The Bertz CT molecular complexity index is 817. The number of carbonyl (C=O) groups is 3. The normalized spacial score (nSPS) is 11.7. The largest absolute Gasteiger partial charge is 0.480 e. The topological polar surface area (TPSA) is 99.9 Å². The van der Waals surface area contributed by atoms with Gasteiger partial charge in [0.2, 0.25) is 5.91 Å². The average molecular weight is 362 g/mol. The Morgan fingerprint density at radius 1 is 1.23 bits per heavy atom. The van der Waals surface area contributed by atoms with Gasteiger partial charge in [-0.3, -0.25) is 9.59 Å². The maximum absolute atomic E-state index is 13.8. The lowest BCUT2D eigenvalue weighted by molar-refractivity contribution is -0.141. The molecule has 1 atom stereocenters. The second kappa shape index (κ2) is 8.28. The van der Waals surface area contributed by atoms with Crippen molar-refractivity contribution in [3.63, 3.8) is 0 Å². The van der Waals surface area contributed by atoms with Gasteiger partial charge in [-0.1, -0.05) is 12.1 Å². The highest BCUT2D eigenvalue weighted by molar-refractivity contribution is 5.94. The zero-order valence-electron chi connectivity index (χ0n) is 14.4. The minimum absolute atomic E-state index is 0.0123. The first-order valence-electron chi connectivity index (χ1n) is 7.94. The van der Waals surface area contributed by atoms with Crippen LogP contribution in [0.4, 0.5) is 4.39 Å². The number of hydrogen-bond acceptors (Lipinski definition) is 4. The van der Waals surface area contributed by atoms with Crippen LogP contribution in [-0.2, 0) is 9.59 Å². The second-order valence-electron chi connectivity index (χ2n) is 5.64. The molecule has 0 saturated heterocycles. The van der Waals surface area contributed by atoms with Crippen LogP contribution in [0.1, 0.15) is 24.4 Å². The van der Waals surface area contributed by atoms with Gasteiger partial charge in [0.05, 0.1) is 5.56 Å². The van der Waals surface area contributed by atoms with Crippen LogP contribution in [0.3, 0.4) is 0 Å². The smallest absolute Gasteiger partial charge is 0.326 e. The van der Waals surface area contributed by atoms with E-state index in [1.165, 1.54) is 44.2 Å². The van der Waals surface area contributed by atoms with Crippen molar-refractivity contribution >= 4 is 17.8 Å². The third kappa shape index (κ3) is 4.47. The van der Waals surface area contributed by atoms with E-state index in [1.807, 2.05) is 0 Å². The molecule has 0 saturated carbocycles. The highest BCUT2D eigenvalue weighted by Gasteiger charge is 2.28. The number of amides is 2. The molecule has 1 aromatic carbocycles. The van der Waals surface area contributed by atoms with Crippen molar-refractivity contribution in [2.75, 3.05) is 13.1 Å². The molecule has 0 spiro atoms. The molecule has 26 heavy (non-hydrogen) atoms. The number of aliphatic carboxylic acids is 1. The van der Waals surface area contributed by atoms with Crippen LogP contribution < -0.4 is 5.32 Å². The molecule has 0 bridgehead atoms. The van der Waals surface area contributed by atoms with E-state index >= 15 is 0 Å². The van der Waals surface area contributed by atoms with Gasteiger partial charge >= 0.3 is 5.97 Å². The molecule has 1 heterocycles. The fourth-order valence-electron chi connectivity index (χ4n) is 2.36. The summed E-state index contributed by atoms with van der Waals surface area (Å²) in [7, 11) is 0. The fraction of sp³-hybridized carbons (Fsp3) is 0.278. The summed E-state index contributed by atoms with van der Waals surface area (Å²) in [5.74, 6) is -2.59. The number of nitrogens with one attached hydrogen (secondary N) is 1. The lowest BCUT2D eigenvalue weighted by Gasteiger charge is -2.25. The average Bonchev–Trinajstić information content (AvgIpc) is 3.07. The zero-order valence-corrected chi connectivity index (χ0v) is 14.4. The van der Waals surface area contributed by atoms with Gasteiger partial charge in [-0.2, -0.15) is 0 Å². The van der Waals surface area contributed by atoms with Crippen LogP contribution in [0, 0.1) is 5.82 Å². The van der Waals surface area contributed by atoms with E-state index in [0.717, 1.165) is 4.90 Å². The SMILES string of the molecule is CC(=O)NCCN(C(=O)c1ccc(-c2ccccc2F)o1)C(C)C(=O)O. The standard InChI is InChI=1S/C18H19FN2O5/c1-11(18(24)25)21(10-9-20-12(2)22)17(23)16-8-7-15(26-16)13-5-3-4-6-14(13)19/h3-8,11H,9-10H2,1-2H3,(H,20,22)(H,24,25). The van der Waals surface area contributed by atoms with Crippen LogP contribution in [-0.4, -0.2) is 46.9 Å². The highest BCUT2D eigenvalue weighted by Crippen LogP contribution is 2.25. The number of hydrogen-bond donors (Lipinski definition) is 2. The van der Waals surface area contributed by atoms with Gasteiger partial charge in [0.1, 0.15) is 17.6 Å². The summed E-state index contributed by atoms with van der Waals surface area (Å²) in [4.78, 5) is 36.0. The van der Waals surface area contributed by atoms with Crippen molar-refractivity contribution in [1.82, 2.24) is 10.2 Å². The number of carbonyl (C=O) groups excluding carboxylic acids is 2. The van der Waals surface area contributed by atoms with E-state index in [9.17, 15) is 23.9 Å². The van der Waals surface area contributed by atoms with Gasteiger partial charge in [-0.15, -0.1) is 0 Å². The molecule has 0 fully saturated rings. The molecule has 2 N–H and O–H groups in total. The molecule has 7 nitrogen and oxygen atoms in total. The lowest BCUT2D eigenvalue weighted by Crippen LogP contribution is -2.46. The Labute approximate surface area is 149 Å². The van der Waals surface area contributed by atoms with Crippen LogP contribution in [0.2, 0.25) is 0 Å². The number of carboxylic acid groups (broad SMARTS) is 1. The Balaban J connectivity index is 2.23. The lowest BCUT2D eigenvalue weighted by atomic mass is 10.1. The van der Waals surface area contributed by atoms with E-state index < -0.39 is 23.7 Å². The van der Waals surface area contributed by atoms with Crippen LogP contribution >= 0.6 is 0 Å². The molecular weight excluding hydrogens is 343 g/mol. The minimum Gasteiger partial charge on any atom is -0.480 e. The van der Waals surface area contributed by atoms with Gasteiger partial charge in [-0.05, 0) is 31.2 Å². The molecule has 0 radical (unpaired) electrons. The number of rotatable bonds is 7. The molecule has 2 rings (SSSR count). The highest BCUT2D eigenvalue weighted by atomic mass is 19.1. The Morgan fingerprint density at radius 3 is 2.54 bits per heavy atom. The van der Waals surface area contributed by atoms with Gasteiger partial charge in [0.15, 0.2) is 5.76 Å². The van der Waals surface area contributed by atoms with Crippen LogP contribution in [0.15, 0.2) is 40.8 Å². The van der Waals surface area contributed by atoms with Crippen molar-refractivity contribution in [3.05, 3.63) is 48.0 Å². The fourth-order valence-corrected chi connectivity index (χ4v) is 2.36. The monoisotopic (exact) mass is 362 g/mol. The van der Waals surface area contributed by atoms with E-state index in [-0.39, 0.29) is 36.1 Å². The summed E-state index contributed by atoms with van der Waals surface area (Å²) in [6.07, 6.45) is 0.